The Morgan fingerprint density at radius 1 is 1.25 bits per heavy atom. The third kappa shape index (κ3) is 1.32. The molecule has 0 N–H and O–H groups in total. The van der Waals surface area contributed by atoms with E-state index in [-0.39, 0.29) is 5.82 Å². The summed E-state index contributed by atoms with van der Waals surface area (Å²) in [6, 6.07) is 6.34. The number of halogens is 1. The van der Waals surface area contributed by atoms with Crippen molar-refractivity contribution in [3.63, 3.8) is 0 Å². The summed E-state index contributed by atoms with van der Waals surface area (Å²) in [5.41, 5.74) is 4.50. The van der Waals surface area contributed by atoms with Crippen molar-refractivity contribution < 1.29 is 4.39 Å². The highest BCUT2D eigenvalue weighted by atomic mass is 32.1. The Morgan fingerprint density at radius 2 is 2.00 bits per heavy atom. The summed E-state index contributed by atoms with van der Waals surface area (Å²) < 4.78 is 14.6. The van der Waals surface area contributed by atoms with Crippen LogP contribution in [-0.2, 0) is 0 Å². The van der Waals surface area contributed by atoms with Gasteiger partial charge >= 0.3 is 0 Å². The van der Waals surface area contributed by atoms with Gasteiger partial charge in [-0.3, -0.25) is 0 Å². The molecule has 0 spiro atoms. The summed E-state index contributed by atoms with van der Waals surface area (Å²) in [5.74, 6) is -0.236. The lowest BCUT2D eigenvalue weighted by Gasteiger charge is -1.98. The van der Waals surface area contributed by atoms with Gasteiger partial charge in [0, 0.05) is 5.56 Å². The van der Waals surface area contributed by atoms with Crippen molar-refractivity contribution in [1.82, 2.24) is 14.6 Å². The van der Waals surface area contributed by atoms with E-state index in [0.29, 0.717) is 0 Å². The van der Waals surface area contributed by atoms with Crippen LogP contribution in [0.1, 0.15) is 5.69 Å². The molecule has 2 heterocycles. The van der Waals surface area contributed by atoms with Crippen LogP contribution in [0.4, 0.5) is 4.39 Å². The largest absolute Gasteiger partial charge is 0.217 e. The first-order chi connectivity index (χ1) is 7.75. The van der Waals surface area contributed by atoms with Gasteiger partial charge in [-0.25, -0.2) is 13.9 Å². The summed E-state index contributed by atoms with van der Waals surface area (Å²) in [4.78, 5) is 5.33. The fraction of sp³-hybridized carbons (Fsp3) is 0.0909. The zero-order valence-corrected chi connectivity index (χ0v) is 9.33. The minimum atomic E-state index is -0.236. The van der Waals surface area contributed by atoms with Gasteiger partial charge in [-0.15, -0.1) is 0 Å². The third-order valence-electron chi connectivity index (χ3n) is 2.49. The van der Waals surface area contributed by atoms with Gasteiger partial charge in [-0.1, -0.05) is 11.3 Å². The highest BCUT2D eigenvalue weighted by Gasteiger charge is 2.11. The lowest BCUT2D eigenvalue weighted by Crippen LogP contribution is -1.87. The number of nitrogens with zero attached hydrogens (tertiary/aromatic N) is 3. The molecule has 16 heavy (non-hydrogen) atoms. The van der Waals surface area contributed by atoms with Crippen LogP contribution in [0, 0.1) is 12.7 Å². The Bertz CT molecular complexity index is 639. The molecule has 3 nitrogen and oxygen atoms in total. The summed E-state index contributed by atoms with van der Waals surface area (Å²) in [5, 5.41) is 4.18. The minimum Gasteiger partial charge on any atom is -0.217 e. The van der Waals surface area contributed by atoms with Crippen LogP contribution in [0.5, 0.6) is 0 Å². The van der Waals surface area contributed by atoms with Crippen LogP contribution in [0.25, 0.3) is 16.2 Å². The fourth-order valence-electron chi connectivity index (χ4n) is 1.68. The molecule has 0 fully saturated rings. The first-order valence-corrected chi connectivity index (χ1v) is 5.68. The number of rotatable bonds is 1. The van der Waals surface area contributed by atoms with Crippen molar-refractivity contribution in [1.29, 1.82) is 0 Å². The van der Waals surface area contributed by atoms with Gasteiger partial charge < -0.3 is 0 Å². The Labute approximate surface area is 95.2 Å². The van der Waals surface area contributed by atoms with E-state index in [1.165, 1.54) is 23.5 Å². The monoisotopic (exact) mass is 233 g/mol. The third-order valence-corrected chi connectivity index (χ3v) is 3.16. The molecule has 0 bridgehead atoms. The Hall–Kier alpha value is -1.75. The molecule has 5 heteroatoms. The van der Waals surface area contributed by atoms with Crippen LogP contribution in [0.3, 0.4) is 0 Å². The van der Waals surface area contributed by atoms with E-state index in [1.807, 2.05) is 6.92 Å². The number of aryl methyl sites for hydroxylation is 1. The first-order valence-electron chi connectivity index (χ1n) is 4.80. The van der Waals surface area contributed by atoms with E-state index >= 15 is 0 Å². The predicted molar refractivity (Wildman–Crippen MR) is 61.0 cm³/mol. The molecule has 0 atom stereocenters. The molecule has 3 aromatic rings. The second kappa shape index (κ2) is 3.38. The maximum Gasteiger partial charge on any atom is 0.212 e. The molecule has 0 aliphatic carbocycles. The normalized spacial score (nSPS) is 11.1. The first kappa shape index (κ1) is 9.47. The number of imidazole rings is 1. The topological polar surface area (TPSA) is 30.2 Å². The molecule has 3 rings (SSSR count). The summed E-state index contributed by atoms with van der Waals surface area (Å²) in [7, 11) is 0. The molecule has 2 aromatic heterocycles. The average molecular weight is 233 g/mol. The lowest BCUT2D eigenvalue weighted by atomic mass is 10.1. The van der Waals surface area contributed by atoms with Crippen molar-refractivity contribution >= 4 is 16.3 Å². The number of hydrogen-bond donors (Lipinski definition) is 0. The molecular formula is C11H8FN3S. The SMILES string of the molecule is Cc1c(-c2ccc(F)cc2)nc2scnn12. The van der Waals surface area contributed by atoms with Crippen LogP contribution in [0.15, 0.2) is 29.8 Å². The molecule has 80 valence electrons. The predicted octanol–water partition coefficient (Wildman–Crippen LogP) is 2.91. The second-order valence-corrected chi connectivity index (χ2v) is 4.30. The van der Waals surface area contributed by atoms with Gasteiger partial charge in [-0.05, 0) is 31.2 Å². The molecule has 0 radical (unpaired) electrons. The molecule has 1 aromatic carbocycles. The number of aromatic nitrogens is 3. The van der Waals surface area contributed by atoms with Gasteiger partial charge in [0.15, 0.2) is 0 Å². The molecular weight excluding hydrogens is 225 g/mol. The maximum atomic E-state index is 12.8. The van der Waals surface area contributed by atoms with E-state index in [4.69, 9.17) is 0 Å². The van der Waals surface area contributed by atoms with E-state index < -0.39 is 0 Å². The Balaban J connectivity index is 2.21. The molecule has 0 aliphatic heterocycles. The van der Waals surface area contributed by atoms with Gasteiger partial charge in [0.1, 0.15) is 11.3 Å². The van der Waals surface area contributed by atoms with Crippen LogP contribution < -0.4 is 0 Å². The Morgan fingerprint density at radius 3 is 2.69 bits per heavy atom. The number of benzene rings is 1. The van der Waals surface area contributed by atoms with Crippen molar-refractivity contribution in [2.24, 2.45) is 0 Å². The molecule has 0 aliphatic rings. The van der Waals surface area contributed by atoms with Crippen molar-refractivity contribution in [2.45, 2.75) is 6.92 Å². The fourth-order valence-corrected chi connectivity index (χ4v) is 2.34. The smallest absolute Gasteiger partial charge is 0.212 e. The van der Waals surface area contributed by atoms with E-state index in [1.54, 1.807) is 22.2 Å². The summed E-state index contributed by atoms with van der Waals surface area (Å²) >= 11 is 1.49. The highest BCUT2D eigenvalue weighted by molar-refractivity contribution is 7.14. The molecule has 0 saturated carbocycles. The van der Waals surface area contributed by atoms with Crippen LogP contribution in [-0.4, -0.2) is 14.6 Å². The standard InChI is InChI=1S/C11H8FN3S/c1-7-10(8-2-4-9(12)5-3-8)14-11-15(7)13-6-16-11/h2-6H,1H3. The average Bonchev–Trinajstić information content (AvgIpc) is 2.84. The van der Waals surface area contributed by atoms with Crippen molar-refractivity contribution in [2.75, 3.05) is 0 Å². The summed E-state index contributed by atoms with van der Waals surface area (Å²) in [6.07, 6.45) is 0. The van der Waals surface area contributed by atoms with Gasteiger partial charge in [0.2, 0.25) is 4.96 Å². The highest BCUT2D eigenvalue weighted by Crippen LogP contribution is 2.24. The maximum absolute atomic E-state index is 12.8. The van der Waals surface area contributed by atoms with Crippen molar-refractivity contribution in [3.8, 4) is 11.3 Å². The van der Waals surface area contributed by atoms with E-state index in [0.717, 1.165) is 21.9 Å². The number of hydrogen-bond acceptors (Lipinski definition) is 3. The molecule has 0 saturated heterocycles. The van der Waals surface area contributed by atoms with Gasteiger partial charge in [0.25, 0.3) is 0 Å². The number of fused-ring (bicyclic) bond motifs is 1. The van der Waals surface area contributed by atoms with Crippen molar-refractivity contribution in [3.05, 3.63) is 41.3 Å². The van der Waals surface area contributed by atoms with E-state index in [9.17, 15) is 4.39 Å². The quantitative estimate of drug-likeness (QED) is 0.647. The van der Waals surface area contributed by atoms with Crippen LogP contribution in [0.2, 0.25) is 0 Å². The lowest BCUT2D eigenvalue weighted by molar-refractivity contribution is 0.628. The summed E-state index contributed by atoms with van der Waals surface area (Å²) in [6.45, 7) is 1.96. The van der Waals surface area contributed by atoms with Gasteiger partial charge in [0.05, 0.1) is 11.4 Å². The molecule has 0 amide bonds. The molecule has 0 unspecified atom stereocenters. The zero-order valence-electron chi connectivity index (χ0n) is 8.51. The minimum absolute atomic E-state index is 0.236. The van der Waals surface area contributed by atoms with Crippen LogP contribution >= 0.6 is 11.3 Å². The van der Waals surface area contributed by atoms with E-state index in [2.05, 4.69) is 10.1 Å². The van der Waals surface area contributed by atoms with Gasteiger partial charge in [-0.2, -0.15) is 5.10 Å². The zero-order chi connectivity index (χ0) is 11.1. The second-order valence-electron chi connectivity index (χ2n) is 3.49. The Kier molecular flexibility index (Phi) is 2.00.